The number of hydrogen-bond donors (Lipinski definition) is 1. The fraction of sp³-hybridized carbons (Fsp3) is 0.154. The van der Waals surface area contributed by atoms with Gasteiger partial charge in [0.05, 0.1) is 10.6 Å². The highest BCUT2D eigenvalue weighted by Gasteiger charge is 2.23. The number of thiocarbonyl (C=S) groups is 1. The molecule has 7 heteroatoms. The molecule has 0 aliphatic carbocycles. The van der Waals surface area contributed by atoms with E-state index in [-0.39, 0.29) is 9.20 Å². The second-order valence-corrected chi connectivity index (χ2v) is 8.01. The van der Waals surface area contributed by atoms with E-state index in [0.29, 0.717) is 10.6 Å². The number of benzene rings is 1. The summed E-state index contributed by atoms with van der Waals surface area (Å²) in [5.74, 6) is 0. The van der Waals surface area contributed by atoms with Crippen LogP contribution < -0.4 is 10.0 Å². The highest BCUT2D eigenvalue weighted by atomic mass is 32.2. The van der Waals surface area contributed by atoms with Gasteiger partial charge in [-0.05, 0) is 31.2 Å². The van der Waals surface area contributed by atoms with Crippen LogP contribution in [0.3, 0.4) is 0 Å². The second kappa shape index (κ2) is 5.51. The minimum atomic E-state index is -3.58. The second-order valence-electron chi connectivity index (χ2n) is 4.29. The molecule has 0 saturated carbocycles. The smallest absolute Gasteiger partial charge is 0.273 e. The maximum absolute atomic E-state index is 12.5. The molecule has 106 valence electrons. The number of aryl methyl sites for hydroxylation is 1. The molecule has 0 aliphatic rings. The van der Waals surface area contributed by atoms with Gasteiger partial charge in [-0.2, -0.15) is 0 Å². The maximum Gasteiger partial charge on any atom is 0.273 e. The third kappa shape index (κ3) is 2.84. The summed E-state index contributed by atoms with van der Waals surface area (Å²) in [6, 6.07) is 10.4. The van der Waals surface area contributed by atoms with Crippen molar-refractivity contribution in [1.82, 2.24) is 0 Å². The van der Waals surface area contributed by atoms with Crippen molar-refractivity contribution < 1.29 is 8.42 Å². The van der Waals surface area contributed by atoms with Gasteiger partial charge in [-0.1, -0.05) is 29.9 Å². The number of rotatable bonds is 4. The Bertz CT molecular complexity index is 733. The minimum Gasteiger partial charge on any atom is -0.389 e. The molecule has 2 aromatic rings. The Hall–Kier alpha value is -1.44. The van der Waals surface area contributed by atoms with Crippen LogP contribution in [-0.2, 0) is 10.0 Å². The molecule has 0 bridgehead atoms. The Morgan fingerprint density at radius 3 is 2.30 bits per heavy atom. The fourth-order valence-corrected chi connectivity index (χ4v) is 4.34. The number of sulfonamides is 1. The van der Waals surface area contributed by atoms with Crippen LogP contribution in [0, 0.1) is 6.92 Å². The molecule has 1 heterocycles. The standard InChI is InChI=1S/C13H14N2O2S3/c1-9-3-5-10(6-4-9)15(2)20(16,17)12-8-7-11(19-12)13(14)18/h3-8H,1-2H3,(H2,14,18). The molecule has 0 radical (unpaired) electrons. The summed E-state index contributed by atoms with van der Waals surface area (Å²) in [5, 5.41) is 0. The molecule has 0 spiro atoms. The lowest BCUT2D eigenvalue weighted by Crippen LogP contribution is -2.25. The van der Waals surface area contributed by atoms with Gasteiger partial charge in [0.1, 0.15) is 9.20 Å². The van der Waals surface area contributed by atoms with Gasteiger partial charge in [0, 0.05) is 7.05 Å². The SMILES string of the molecule is Cc1ccc(N(C)S(=O)(=O)c2ccc(C(N)=S)s2)cc1. The van der Waals surface area contributed by atoms with Gasteiger partial charge in [0.25, 0.3) is 10.0 Å². The van der Waals surface area contributed by atoms with Crippen LogP contribution in [0.15, 0.2) is 40.6 Å². The number of anilines is 1. The van der Waals surface area contributed by atoms with Crippen LogP contribution in [0.25, 0.3) is 0 Å². The van der Waals surface area contributed by atoms with Crippen LogP contribution in [-0.4, -0.2) is 20.5 Å². The fourth-order valence-electron chi connectivity index (χ4n) is 1.62. The Balaban J connectivity index is 2.38. The zero-order valence-corrected chi connectivity index (χ0v) is 13.5. The normalized spacial score (nSPS) is 11.3. The highest BCUT2D eigenvalue weighted by molar-refractivity contribution is 7.94. The van der Waals surface area contributed by atoms with Gasteiger partial charge in [-0.15, -0.1) is 11.3 Å². The van der Waals surface area contributed by atoms with Crippen LogP contribution in [0.5, 0.6) is 0 Å². The van der Waals surface area contributed by atoms with Crippen LogP contribution >= 0.6 is 23.6 Å². The first-order chi connectivity index (χ1) is 9.32. The lowest BCUT2D eigenvalue weighted by atomic mass is 10.2. The number of nitrogens with two attached hydrogens (primary N) is 1. The molecule has 4 nitrogen and oxygen atoms in total. The first-order valence-corrected chi connectivity index (χ1v) is 8.44. The van der Waals surface area contributed by atoms with Gasteiger partial charge < -0.3 is 5.73 Å². The van der Waals surface area contributed by atoms with E-state index in [4.69, 9.17) is 18.0 Å². The zero-order chi connectivity index (χ0) is 14.9. The van der Waals surface area contributed by atoms with Crippen molar-refractivity contribution in [3.63, 3.8) is 0 Å². The van der Waals surface area contributed by atoms with Crippen LogP contribution in [0.4, 0.5) is 5.69 Å². The molecular formula is C13H14N2O2S3. The van der Waals surface area contributed by atoms with Crippen molar-refractivity contribution in [2.45, 2.75) is 11.1 Å². The summed E-state index contributed by atoms with van der Waals surface area (Å²) < 4.78 is 26.5. The van der Waals surface area contributed by atoms with Crippen molar-refractivity contribution in [3.8, 4) is 0 Å². The Morgan fingerprint density at radius 2 is 1.80 bits per heavy atom. The van der Waals surface area contributed by atoms with E-state index >= 15 is 0 Å². The van der Waals surface area contributed by atoms with Crippen LogP contribution in [0.1, 0.15) is 10.4 Å². The molecule has 0 amide bonds. The van der Waals surface area contributed by atoms with Crippen molar-refractivity contribution >= 4 is 44.3 Å². The topological polar surface area (TPSA) is 63.4 Å². The molecule has 1 aromatic carbocycles. The number of hydrogen-bond acceptors (Lipinski definition) is 4. The third-order valence-electron chi connectivity index (χ3n) is 2.84. The Labute approximate surface area is 127 Å². The monoisotopic (exact) mass is 326 g/mol. The largest absolute Gasteiger partial charge is 0.389 e. The van der Waals surface area contributed by atoms with Gasteiger partial charge in [0.15, 0.2) is 0 Å². The van der Waals surface area contributed by atoms with Crippen molar-refractivity contribution in [1.29, 1.82) is 0 Å². The maximum atomic E-state index is 12.5. The number of nitrogens with zero attached hydrogens (tertiary/aromatic N) is 1. The molecule has 0 unspecified atom stereocenters. The van der Waals surface area contributed by atoms with E-state index in [1.165, 1.54) is 17.4 Å². The Kier molecular flexibility index (Phi) is 4.12. The lowest BCUT2D eigenvalue weighted by Gasteiger charge is -2.18. The highest BCUT2D eigenvalue weighted by Crippen LogP contribution is 2.27. The Morgan fingerprint density at radius 1 is 1.20 bits per heavy atom. The summed E-state index contributed by atoms with van der Waals surface area (Å²) in [4.78, 5) is 0.797. The molecule has 2 rings (SSSR count). The molecular weight excluding hydrogens is 312 g/mol. The van der Waals surface area contributed by atoms with Gasteiger partial charge in [0.2, 0.25) is 0 Å². The predicted octanol–water partition coefficient (Wildman–Crippen LogP) is 2.52. The van der Waals surface area contributed by atoms with Crippen molar-refractivity contribution in [2.24, 2.45) is 5.73 Å². The first kappa shape index (κ1) is 15.0. The summed E-state index contributed by atoms with van der Waals surface area (Å²) >= 11 is 5.93. The van der Waals surface area contributed by atoms with Gasteiger partial charge in [-0.3, -0.25) is 4.31 Å². The zero-order valence-electron chi connectivity index (χ0n) is 11.0. The van der Waals surface area contributed by atoms with Crippen LogP contribution in [0.2, 0.25) is 0 Å². The number of thiophene rings is 1. The predicted molar refractivity (Wildman–Crippen MR) is 87.0 cm³/mol. The van der Waals surface area contributed by atoms with Gasteiger partial charge in [-0.25, -0.2) is 8.42 Å². The average Bonchev–Trinajstić information content (AvgIpc) is 2.89. The summed E-state index contributed by atoms with van der Waals surface area (Å²) in [6.07, 6.45) is 0. The van der Waals surface area contributed by atoms with E-state index in [1.54, 1.807) is 18.2 Å². The molecule has 2 N–H and O–H groups in total. The van der Waals surface area contributed by atoms with Crippen molar-refractivity contribution in [3.05, 3.63) is 46.8 Å². The molecule has 20 heavy (non-hydrogen) atoms. The summed E-state index contributed by atoms with van der Waals surface area (Å²) in [7, 11) is -2.05. The van der Waals surface area contributed by atoms with Gasteiger partial charge >= 0.3 is 0 Å². The van der Waals surface area contributed by atoms with E-state index in [1.807, 2.05) is 19.1 Å². The van der Waals surface area contributed by atoms with E-state index in [2.05, 4.69) is 0 Å². The van der Waals surface area contributed by atoms with E-state index in [0.717, 1.165) is 16.9 Å². The first-order valence-electron chi connectivity index (χ1n) is 5.77. The van der Waals surface area contributed by atoms with Crippen molar-refractivity contribution in [2.75, 3.05) is 11.4 Å². The molecule has 1 aromatic heterocycles. The molecule has 0 fully saturated rings. The average molecular weight is 326 g/mol. The summed E-state index contributed by atoms with van der Waals surface area (Å²) in [6.45, 7) is 1.95. The van der Waals surface area contributed by atoms with E-state index < -0.39 is 10.0 Å². The summed E-state index contributed by atoms with van der Waals surface area (Å²) in [5.41, 5.74) is 7.19. The third-order valence-corrected chi connectivity index (χ3v) is 6.56. The molecule has 0 atom stereocenters. The lowest BCUT2D eigenvalue weighted by molar-refractivity contribution is 0.596. The molecule has 0 aliphatic heterocycles. The minimum absolute atomic E-state index is 0.203. The quantitative estimate of drug-likeness (QED) is 0.877. The molecule has 0 saturated heterocycles. The van der Waals surface area contributed by atoms with E-state index in [9.17, 15) is 8.42 Å².